The van der Waals surface area contributed by atoms with Crippen molar-refractivity contribution in [3.8, 4) is 5.75 Å². The Bertz CT molecular complexity index is 483. The second-order valence-electron chi connectivity index (χ2n) is 2.95. The highest BCUT2D eigenvalue weighted by molar-refractivity contribution is 5.28. The fourth-order valence-electron chi connectivity index (χ4n) is 1.21. The van der Waals surface area contributed by atoms with E-state index in [1.807, 2.05) is 24.3 Å². The van der Waals surface area contributed by atoms with E-state index in [0.717, 1.165) is 11.3 Å². The third-order valence-electron chi connectivity index (χ3n) is 1.94. The summed E-state index contributed by atoms with van der Waals surface area (Å²) in [5.41, 5.74) is 0.966. The first-order valence-electron chi connectivity index (χ1n) is 4.36. The second kappa shape index (κ2) is 4.00. The van der Waals surface area contributed by atoms with Crippen molar-refractivity contribution in [2.24, 2.45) is 0 Å². The Labute approximate surface area is 85.3 Å². The molecule has 2 aromatic rings. The van der Waals surface area contributed by atoms with Gasteiger partial charge in [-0.05, 0) is 22.9 Å². The van der Waals surface area contributed by atoms with Crippen LogP contribution < -0.4 is 10.6 Å². The third-order valence-corrected chi connectivity index (χ3v) is 1.94. The molecular formula is C10H9NO4. The van der Waals surface area contributed by atoms with E-state index >= 15 is 0 Å². The molecule has 0 spiro atoms. The predicted molar refractivity (Wildman–Crippen MR) is 50.8 cm³/mol. The van der Waals surface area contributed by atoms with Crippen LogP contribution in [0.25, 0.3) is 0 Å². The maximum Gasteiger partial charge on any atom is 0.542 e. The summed E-state index contributed by atoms with van der Waals surface area (Å²) in [6.07, 6.45) is 0.426. The Kier molecular flexibility index (Phi) is 2.53. The van der Waals surface area contributed by atoms with E-state index in [4.69, 9.17) is 4.74 Å². The lowest BCUT2D eigenvalue weighted by Crippen LogP contribution is -1.90. The van der Waals surface area contributed by atoms with Crippen LogP contribution in [0.3, 0.4) is 0 Å². The summed E-state index contributed by atoms with van der Waals surface area (Å²) in [7, 11) is 1.60. The monoisotopic (exact) mass is 207 g/mol. The summed E-state index contributed by atoms with van der Waals surface area (Å²) < 4.78 is 14.0. The molecule has 5 heteroatoms. The summed E-state index contributed by atoms with van der Waals surface area (Å²) >= 11 is 0. The van der Waals surface area contributed by atoms with Gasteiger partial charge in [0, 0.05) is 0 Å². The molecule has 0 saturated heterocycles. The highest BCUT2D eigenvalue weighted by Gasteiger charge is 2.04. The van der Waals surface area contributed by atoms with E-state index in [0.29, 0.717) is 6.42 Å². The molecule has 0 fully saturated rings. The molecule has 0 aliphatic heterocycles. The molecule has 0 amide bonds. The number of hydrogen-bond acceptors (Lipinski definition) is 5. The van der Waals surface area contributed by atoms with Gasteiger partial charge in [0.05, 0.1) is 13.5 Å². The third kappa shape index (κ3) is 2.25. The first-order chi connectivity index (χ1) is 7.28. The molecule has 78 valence electrons. The van der Waals surface area contributed by atoms with E-state index in [-0.39, 0.29) is 5.89 Å². The quantitative estimate of drug-likeness (QED) is 0.757. The molecule has 1 aromatic carbocycles. The van der Waals surface area contributed by atoms with E-state index in [9.17, 15) is 4.79 Å². The van der Waals surface area contributed by atoms with Gasteiger partial charge in [-0.25, -0.2) is 4.79 Å². The van der Waals surface area contributed by atoms with E-state index in [1.54, 1.807) is 7.11 Å². The number of benzene rings is 1. The van der Waals surface area contributed by atoms with Crippen molar-refractivity contribution in [3.05, 3.63) is 46.3 Å². The standard InChI is InChI=1S/C10H9NO4/c1-13-8-4-2-7(3-5-8)6-9-11-15-10(12)14-9/h2-5H,6H2,1H3. The summed E-state index contributed by atoms with van der Waals surface area (Å²) in [5, 5.41) is 3.47. The van der Waals surface area contributed by atoms with Gasteiger partial charge in [-0.2, -0.15) is 0 Å². The van der Waals surface area contributed by atoms with Crippen LogP contribution in [-0.4, -0.2) is 12.3 Å². The average Bonchev–Trinajstić information content (AvgIpc) is 2.65. The van der Waals surface area contributed by atoms with Crippen LogP contribution in [-0.2, 0) is 6.42 Å². The summed E-state index contributed by atoms with van der Waals surface area (Å²) in [6.45, 7) is 0. The van der Waals surface area contributed by atoms with Gasteiger partial charge in [-0.15, -0.1) is 0 Å². The molecule has 15 heavy (non-hydrogen) atoms. The van der Waals surface area contributed by atoms with Gasteiger partial charge in [0.15, 0.2) is 0 Å². The van der Waals surface area contributed by atoms with Crippen LogP contribution in [0.2, 0.25) is 0 Å². The van der Waals surface area contributed by atoms with Crippen molar-refractivity contribution in [1.29, 1.82) is 0 Å². The SMILES string of the molecule is COc1ccc(Cc2noc(=O)o2)cc1. The smallest absolute Gasteiger partial charge is 0.497 e. The van der Waals surface area contributed by atoms with E-state index in [2.05, 4.69) is 14.1 Å². The molecule has 0 bridgehead atoms. The minimum Gasteiger partial charge on any atom is -0.497 e. The molecule has 0 unspecified atom stereocenters. The van der Waals surface area contributed by atoms with Gasteiger partial charge >= 0.3 is 5.82 Å². The normalized spacial score (nSPS) is 10.2. The molecule has 0 radical (unpaired) electrons. The predicted octanol–water partition coefficient (Wildman–Crippen LogP) is 1.23. The number of rotatable bonds is 3. The molecule has 1 heterocycles. The second-order valence-corrected chi connectivity index (χ2v) is 2.95. The topological polar surface area (TPSA) is 65.5 Å². The number of ether oxygens (including phenoxy) is 1. The first-order valence-corrected chi connectivity index (χ1v) is 4.36. The Hall–Kier alpha value is -2.04. The van der Waals surface area contributed by atoms with E-state index in [1.165, 1.54) is 0 Å². The van der Waals surface area contributed by atoms with Gasteiger partial charge in [0.1, 0.15) is 5.75 Å². The lowest BCUT2D eigenvalue weighted by molar-refractivity contribution is 0.334. The molecule has 2 rings (SSSR count). The van der Waals surface area contributed by atoms with Crippen LogP contribution in [0, 0.1) is 0 Å². The minimum atomic E-state index is -0.779. The highest BCUT2D eigenvalue weighted by Crippen LogP contribution is 2.13. The average molecular weight is 207 g/mol. The number of methoxy groups -OCH3 is 1. The fraction of sp³-hybridized carbons (Fsp3) is 0.200. The fourth-order valence-corrected chi connectivity index (χ4v) is 1.21. The van der Waals surface area contributed by atoms with Crippen LogP contribution >= 0.6 is 0 Å². The van der Waals surface area contributed by atoms with E-state index < -0.39 is 5.82 Å². The van der Waals surface area contributed by atoms with Crippen LogP contribution in [0.4, 0.5) is 0 Å². The summed E-state index contributed by atoms with van der Waals surface area (Å²) in [6, 6.07) is 7.39. The molecule has 0 N–H and O–H groups in total. The lowest BCUT2D eigenvalue weighted by Gasteiger charge is -2.00. The molecule has 0 aliphatic rings. The van der Waals surface area contributed by atoms with Crippen molar-refractivity contribution in [2.75, 3.05) is 7.11 Å². The largest absolute Gasteiger partial charge is 0.542 e. The molecule has 0 saturated carbocycles. The van der Waals surface area contributed by atoms with Crippen molar-refractivity contribution in [2.45, 2.75) is 6.42 Å². The van der Waals surface area contributed by atoms with Gasteiger partial charge in [-0.3, -0.25) is 4.52 Å². The van der Waals surface area contributed by atoms with Gasteiger partial charge in [-0.1, -0.05) is 12.1 Å². The van der Waals surface area contributed by atoms with Gasteiger partial charge < -0.3 is 9.15 Å². The summed E-state index contributed by atoms with van der Waals surface area (Å²) in [5.74, 6) is 0.268. The maximum atomic E-state index is 10.6. The Balaban J connectivity index is 2.14. The van der Waals surface area contributed by atoms with Crippen LogP contribution in [0.5, 0.6) is 5.75 Å². The minimum absolute atomic E-state index is 0.269. The highest BCUT2D eigenvalue weighted by atomic mass is 16.6. The molecule has 0 aliphatic carbocycles. The van der Waals surface area contributed by atoms with Crippen LogP contribution in [0.1, 0.15) is 11.5 Å². The zero-order valence-electron chi connectivity index (χ0n) is 8.10. The van der Waals surface area contributed by atoms with Crippen molar-refractivity contribution in [3.63, 3.8) is 0 Å². The number of nitrogens with zero attached hydrogens (tertiary/aromatic N) is 1. The molecule has 5 nitrogen and oxygen atoms in total. The van der Waals surface area contributed by atoms with Crippen molar-refractivity contribution in [1.82, 2.24) is 5.16 Å². The lowest BCUT2D eigenvalue weighted by atomic mass is 10.1. The van der Waals surface area contributed by atoms with Crippen molar-refractivity contribution >= 4 is 0 Å². The van der Waals surface area contributed by atoms with Crippen molar-refractivity contribution < 1.29 is 13.7 Å². The molecular weight excluding hydrogens is 198 g/mol. The Morgan fingerprint density at radius 3 is 2.60 bits per heavy atom. The summed E-state index contributed by atoms with van der Waals surface area (Å²) in [4.78, 5) is 10.6. The van der Waals surface area contributed by atoms with Gasteiger partial charge in [0.25, 0.3) is 0 Å². The Morgan fingerprint density at radius 1 is 1.33 bits per heavy atom. The zero-order chi connectivity index (χ0) is 10.7. The zero-order valence-corrected chi connectivity index (χ0v) is 8.10. The maximum absolute atomic E-state index is 10.6. The van der Waals surface area contributed by atoms with Gasteiger partial charge in [0.2, 0.25) is 5.89 Å². The molecule has 1 aromatic heterocycles. The number of aromatic nitrogens is 1. The van der Waals surface area contributed by atoms with Crippen LogP contribution in [0.15, 0.2) is 38.0 Å². The molecule has 0 atom stereocenters. The number of hydrogen-bond donors (Lipinski definition) is 0. The first kappa shape index (κ1) is 9.51. The Morgan fingerprint density at radius 2 is 2.07 bits per heavy atom.